The Hall–Kier alpha value is -3.08. The number of aliphatic hydroxyl groups is 1. The standard InChI is InChI=1S/C15H18N8O3/c1-21-13(23(25)26)8-16-14(21)15-19-18-12-7-6-11(20-22(12)15)17-9-2-4-10(24)5-3-9/h6-10,24H,2-5H2,1H3,(H,17,20). The monoisotopic (exact) mass is 358 g/mol. The molecule has 1 aliphatic rings. The van der Waals surface area contributed by atoms with E-state index >= 15 is 0 Å². The average Bonchev–Trinajstić information content (AvgIpc) is 3.20. The van der Waals surface area contributed by atoms with E-state index in [1.807, 2.05) is 6.07 Å². The van der Waals surface area contributed by atoms with Gasteiger partial charge in [0.2, 0.25) is 5.82 Å². The second kappa shape index (κ2) is 6.33. The Labute approximate surface area is 147 Å². The second-order valence-corrected chi connectivity index (χ2v) is 6.42. The first-order valence-electron chi connectivity index (χ1n) is 8.36. The summed E-state index contributed by atoms with van der Waals surface area (Å²) in [5.41, 5.74) is 0.523. The maximum atomic E-state index is 11.0. The molecule has 4 rings (SSSR count). The lowest BCUT2D eigenvalue weighted by Crippen LogP contribution is -2.28. The molecule has 0 unspecified atom stereocenters. The molecule has 0 aromatic carbocycles. The van der Waals surface area contributed by atoms with Gasteiger partial charge in [0.25, 0.3) is 5.82 Å². The van der Waals surface area contributed by atoms with Crippen molar-refractivity contribution in [2.75, 3.05) is 5.32 Å². The van der Waals surface area contributed by atoms with Crippen LogP contribution in [0.5, 0.6) is 0 Å². The smallest absolute Gasteiger partial charge is 0.343 e. The van der Waals surface area contributed by atoms with Crippen LogP contribution < -0.4 is 5.32 Å². The summed E-state index contributed by atoms with van der Waals surface area (Å²) in [6.45, 7) is 0. The van der Waals surface area contributed by atoms with Crippen LogP contribution in [-0.4, -0.2) is 51.5 Å². The number of hydrogen-bond acceptors (Lipinski definition) is 8. The van der Waals surface area contributed by atoms with Gasteiger partial charge in [-0.25, -0.2) is 9.55 Å². The van der Waals surface area contributed by atoms with Crippen molar-refractivity contribution in [1.82, 2.24) is 29.4 Å². The molecule has 136 valence electrons. The van der Waals surface area contributed by atoms with Crippen LogP contribution in [0.2, 0.25) is 0 Å². The Morgan fingerprint density at radius 3 is 2.69 bits per heavy atom. The molecule has 0 aliphatic heterocycles. The molecule has 0 atom stereocenters. The highest BCUT2D eigenvalue weighted by Gasteiger charge is 2.24. The van der Waals surface area contributed by atoms with Gasteiger partial charge in [0.1, 0.15) is 12.0 Å². The van der Waals surface area contributed by atoms with Crippen molar-refractivity contribution in [3.05, 3.63) is 28.4 Å². The third kappa shape index (κ3) is 2.86. The number of nitrogens with zero attached hydrogens (tertiary/aromatic N) is 7. The van der Waals surface area contributed by atoms with E-state index in [1.165, 1.54) is 15.3 Å². The molecule has 3 aromatic rings. The molecule has 2 N–H and O–H groups in total. The van der Waals surface area contributed by atoms with Crippen LogP contribution >= 0.6 is 0 Å². The van der Waals surface area contributed by atoms with Crippen LogP contribution in [0.3, 0.4) is 0 Å². The third-order valence-corrected chi connectivity index (χ3v) is 4.66. The van der Waals surface area contributed by atoms with Gasteiger partial charge in [-0.15, -0.1) is 15.3 Å². The number of nitro groups is 1. The maximum Gasteiger partial charge on any atom is 0.343 e. The van der Waals surface area contributed by atoms with Crippen molar-refractivity contribution >= 4 is 17.3 Å². The van der Waals surface area contributed by atoms with Crippen molar-refractivity contribution in [2.45, 2.75) is 37.8 Å². The Morgan fingerprint density at radius 2 is 2.00 bits per heavy atom. The van der Waals surface area contributed by atoms with E-state index in [9.17, 15) is 15.2 Å². The first-order chi connectivity index (χ1) is 12.5. The van der Waals surface area contributed by atoms with Crippen molar-refractivity contribution in [3.8, 4) is 11.6 Å². The summed E-state index contributed by atoms with van der Waals surface area (Å²) in [6, 6.07) is 3.85. The third-order valence-electron chi connectivity index (χ3n) is 4.66. The molecule has 0 bridgehead atoms. The summed E-state index contributed by atoms with van der Waals surface area (Å²) in [5.74, 6) is 1.17. The van der Waals surface area contributed by atoms with Crippen molar-refractivity contribution in [3.63, 3.8) is 0 Å². The molecule has 3 aromatic heterocycles. The summed E-state index contributed by atoms with van der Waals surface area (Å²) in [7, 11) is 1.55. The molecule has 0 spiro atoms. The zero-order valence-electron chi connectivity index (χ0n) is 14.1. The number of aromatic nitrogens is 6. The van der Waals surface area contributed by atoms with Crippen LogP contribution in [0.15, 0.2) is 18.3 Å². The molecule has 1 aliphatic carbocycles. The van der Waals surface area contributed by atoms with E-state index in [1.54, 1.807) is 13.1 Å². The first kappa shape index (κ1) is 16.4. The number of fused-ring (bicyclic) bond motifs is 1. The predicted octanol–water partition coefficient (Wildman–Crippen LogP) is 1.15. The van der Waals surface area contributed by atoms with Gasteiger partial charge in [0, 0.05) is 6.04 Å². The Bertz CT molecular complexity index is 957. The summed E-state index contributed by atoms with van der Waals surface area (Å²) in [4.78, 5) is 14.6. The molecule has 3 heterocycles. The van der Waals surface area contributed by atoms with E-state index in [0.717, 1.165) is 25.7 Å². The summed E-state index contributed by atoms with van der Waals surface area (Å²) >= 11 is 0. The van der Waals surface area contributed by atoms with E-state index in [0.29, 0.717) is 23.1 Å². The maximum absolute atomic E-state index is 11.0. The minimum Gasteiger partial charge on any atom is -0.393 e. The van der Waals surface area contributed by atoms with Crippen molar-refractivity contribution in [1.29, 1.82) is 0 Å². The summed E-state index contributed by atoms with van der Waals surface area (Å²) in [5, 5.41) is 36.7. The van der Waals surface area contributed by atoms with Gasteiger partial charge in [-0.3, -0.25) is 0 Å². The Morgan fingerprint density at radius 1 is 1.23 bits per heavy atom. The molecule has 1 fully saturated rings. The zero-order valence-corrected chi connectivity index (χ0v) is 14.1. The highest BCUT2D eigenvalue weighted by atomic mass is 16.6. The molecular weight excluding hydrogens is 340 g/mol. The number of anilines is 1. The molecule has 0 radical (unpaired) electrons. The van der Waals surface area contributed by atoms with E-state index in [4.69, 9.17) is 0 Å². The fourth-order valence-corrected chi connectivity index (χ4v) is 3.21. The zero-order chi connectivity index (χ0) is 18.3. The fraction of sp³-hybridized carbons (Fsp3) is 0.467. The number of imidazole rings is 1. The molecule has 1 saturated carbocycles. The Balaban J connectivity index is 1.66. The summed E-state index contributed by atoms with van der Waals surface area (Å²) < 4.78 is 2.87. The lowest BCUT2D eigenvalue weighted by molar-refractivity contribution is -0.391. The lowest BCUT2D eigenvalue weighted by Gasteiger charge is -2.26. The van der Waals surface area contributed by atoms with E-state index in [-0.39, 0.29) is 18.0 Å². The number of aliphatic hydroxyl groups excluding tert-OH is 1. The van der Waals surface area contributed by atoms with Gasteiger partial charge < -0.3 is 20.5 Å². The highest BCUT2D eigenvalue weighted by Crippen LogP contribution is 2.23. The van der Waals surface area contributed by atoms with Gasteiger partial charge in [-0.05, 0) is 42.7 Å². The Kier molecular flexibility index (Phi) is 3.99. The summed E-state index contributed by atoms with van der Waals surface area (Å²) in [6.07, 6.45) is 4.27. The normalized spacial score (nSPS) is 20.4. The van der Waals surface area contributed by atoms with Gasteiger partial charge in [0.05, 0.1) is 13.2 Å². The minimum absolute atomic E-state index is 0.133. The molecule has 26 heavy (non-hydrogen) atoms. The SMILES string of the molecule is Cn1c([N+](=O)[O-])cnc1-c1nnc2ccc(NC3CCC(O)CC3)nn12. The van der Waals surface area contributed by atoms with E-state index in [2.05, 4.69) is 25.6 Å². The van der Waals surface area contributed by atoms with Gasteiger partial charge in [0.15, 0.2) is 5.65 Å². The largest absolute Gasteiger partial charge is 0.393 e. The van der Waals surface area contributed by atoms with Crippen LogP contribution in [0, 0.1) is 10.1 Å². The van der Waals surface area contributed by atoms with Crippen LogP contribution in [0.1, 0.15) is 25.7 Å². The number of rotatable bonds is 4. The number of hydrogen-bond donors (Lipinski definition) is 2. The van der Waals surface area contributed by atoms with Gasteiger partial charge >= 0.3 is 5.82 Å². The van der Waals surface area contributed by atoms with Crippen molar-refractivity contribution < 1.29 is 10.0 Å². The van der Waals surface area contributed by atoms with Gasteiger partial charge in [-0.1, -0.05) is 0 Å². The lowest BCUT2D eigenvalue weighted by atomic mass is 9.93. The van der Waals surface area contributed by atoms with Crippen molar-refractivity contribution in [2.24, 2.45) is 7.05 Å². The quantitative estimate of drug-likeness (QED) is 0.523. The minimum atomic E-state index is -0.502. The predicted molar refractivity (Wildman–Crippen MR) is 91.5 cm³/mol. The van der Waals surface area contributed by atoms with E-state index < -0.39 is 4.92 Å². The number of nitrogens with one attached hydrogen (secondary N) is 1. The first-order valence-corrected chi connectivity index (χ1v) is 8.36. The van der Waals surface area contributed by atoms with Crippen LogP contribution in [0.25, 0.3) is 17.3 Å². The van der Waals surface area contributed by atoms with Gasteiger partial charge in [-0.2, -0.15) is 4.52 Å². The molecule has 0 saturated heterocycles. The molecule has 0 amide bonds. The fourth-order valence-electron chi connectivity index (χ4n) is 3.21. The molecule has 11 heteroatoms. The van der Waals surface area contributed by atoms with Crippen LogP contribution in [-0.2, 0) is 7.05 Å². The van der Waals surface area contributed by atoms with Crippen LogP contribution in [0.4, 0.5) is 11.6 Å². The molecular formula is C15H18N8O3. The average molecular weight is 358 g/mol. The highest BCUT2D eigenvalue weighted by molar-refractivity contribution is 5.55. The second-order valence-electron chi connectivity index (χ2n) is 6.42. The molecule has 11 nitrogen and oxygen atoms in total. The topological polar surface area (TPSA) is 136 Å².